The first-order valence-corrected chi connectivity index (χ1v) is 16.5. The molecule has 3 heterocycles. The fourth-order valence-electron chi connectivity index (χ4n) is 5.49. The number of aromatic nitrogens is 2. The molecule has 0 unspecified atom stereocenters. The molecule has 9 nitrogen and oxygen atoms in total. The smallest absolute Gasteiger partial charge is 0.493 e. The Hall–Kier alpha value is -4.94. The summed E-state index contributed by atoms with van der Waals surface area (Å²) >= 11 is 0. The molecule has 2 aromatic heterocycles. The lowest BCUT2D eigenvalue weighted by atomic mass is 9.88. The summed E-state index contributed by atoms with van der Waals surface area (Å²) < 4.78 is 58.2. The lowest BCUT2D eigenvalue weighted by molar-refractivity contribution is -0.274. The predicted molar refractivity (Wildman–Crippen MR) is 189 cm³/mol. The standard InChI is InChI=1S/C31H23F3N2O5.2C4H10O/c1-17-13-24-21(6-8-26(36-24)40-16-18-3-2-4-20(14-18)41-31(32,33)34)29(23(17)15-27(37)38)22-5-7-25-28-19(10-12-39-25)9-11-35-30(22)28;1-4(2,3)5;1-3-4-5-2/h2-9,11,13-14H,10,12,15-16H2,1H3,(H,37,38);5H,1-3H3;3-4H2,1-2H3. The minimum atomic E-state index is -4.79. The average Bonchev–Trinajstić information content (AvgIpc) is 3.04. The van der Waals surface area contributed by atoms with Gasteiger partial charge < -0.3 is 29.2 Å². The van der Waals surface area contributed by atoms with Crippen LogP contribution in [0.3, 0.4) is 0 Å². The van der Waals surface area contributed by atoms with Crippen LogP contribution in [0, 0.1) is 6.92 Å². The Bertz CT molecular complexity index is 1960. The molecule has 0 fully saturated rings. The van der Waals surface area contributed by atoms with E-state index in [4.69, 9.17) is 19.3 Å². The molecule has 3 aromatic carbocycles. The number of aryl methyl sites for hydroxylation is 1. The van der Waals surface area contributed by atoms with Gasteiger partial charge in [0.25, 0.3) is 0 Å². The number of benzene rings is 3. The fourth-order valence-corrected chi connectivity index (χ4v) is 5.49. The predicted octanol–water partition coefficient (Wildman–Crippen LogP) is 8.62. The number of alkyl halides is 3. The van der Waals surface area contributed by atoms with E-state index >= 15 is 0 Å². The first-order chi connectivity index (χ1) is 24.1. The summed E-state index contributed by atoms with van der Waals surface area (Å²) in [5.74, 6) is -0.290. The number of aliphatic carboxylic acids is 1. The molecule has 2 N–H and O–H groups in total. The number of rotatable bonds is 9. The molecule has 0 spiro atoms. The fraction of sp³-hybridized carbons (Fsp3) is 0.359. The van der Waals surface area contributed by atoms with Crippen molar-refractivity contribution in [3.8, 4) is 28.5 Å². The highest BCUT2D eigenvalue weighted by Crippen LogP contribution is 2.42. The zero-order valence-electron chi connectivity index (χ0n) is 29.6. The van der Waals surface area contributed by atoms with Gasteiger partial charge in [-0.3, -0.25) is 9.78 Å². The summed E-state index contributed by atoms with van der Waals surface area (Å²) in [5, 5.41) is 19.9. The van der Waals surface area contributed by atoms with Crippen LogP contribution in [0.25, 0.3) is 32.9 Å². The molecule has 1 aliphatic rings. The molecule has 5 aromatic rings. The maximum atomic E-state index is 12.6. The van der Waals surface area contributed by atoms with Crippen molar-refractivity contribution < 1.29 is 47.1 Å². The van der Waals surface area contributed by atoms with Crippen molar-refractivity contribution in [2.24, 2.45) is 0 Å². The van der Waals surface area contributed by atoms with Crippen LogP contribution in [0.15, 0.2) is 66.9 Å². The lowest BCUT2D eigenvalue weighted by Gasteiger charge is -2.21. The maximum absolute atomic E-state index is 12.6. The Balaban J connectivity index is 0.000000516. The second-order valence-corrected chi connectivity index (χ2v) is 12.9. The monoisotopic (exact) mass is 708 g/mol. The number of hydrogen-bond donors (Lipinski definition) is 2. The molecular formula is C39H43F3N2O7. The van der Waals surface area contributed by atoms with Gasteiger partial charge in [-0.15, -0.1) is 13.2 Å². The number of hydrogen-bond acceptors (Lipinski definition) is 8. The average molecular weight is 709 g/mol. The van der Waals surface area contributed by atoms with Crippen molar-refractivity contribution in [3.05, 3.63) is 89.1 Å². The van der Waals surface area contributed by atoms with Crippen LogP contribution in [-0.4, -0.2) is 58.4 Å². The van der Waals surface area contributed by atoms with Crippen molar-refractivity contribution in [2.75, 3.05) is 20.3 Å². The maximum Gasteiger partial charge on any atom is 0.573 e. The number of carbonyl (C=O) groups is 1. The van der Waals surface area contributed by atoms with E-state index < -0.39 is 17.9 Å². The molecule has 51 heavy (non-hydrogen) atoms. The highest BCUT2D eigenvalue weighted by atomic mass is 19.4. The third-order valence-corrected chi connectivity index (χ3v) is 7.39. The van der Waals surface area contributed by atoms with Gasteiger partial charge in [0.2, 0.25) is 5.88 Å². The van der Waals surface area contributed by atoms with E-state index in [2.05, 4.69) is 21.6 Å². The van der Waals surface area contributed by atoms with Gasteiger partial charge in [-0.25, -0.2) is 4.98 Å². The van der Waals surface area contributed by atoms with Crippen molar-refractivity contribution in [1.29, 1.82) is 0 Å². The number of methoxy groups -OCH3 is 1. The third kappa shape index (κ3) is 11.0. The number of ether oxygens (including phenoxy) is 4. The zero-order chi connectivity index (χ0) is 37.3. The molecule has 272 valence electrons. The molecule has 0 saturated heterocycles. The quantitative estimate of drug-likeness (QED) is 0.155. The van der Waals surface area contributed by atoms with Crippen LogP contribution in [0.4, 0.5) is 13.2 Å². The highest BCUT2D eigenvalue weighted by molar-refractivity contribution is 6.07. The Kier molecular flexibility index (Phi) is 12.8. The molecule has 6 rings (SSSR count). The van der Waals surface area contributed by atoms with E-state index in [-0.39, 0.29) is 24.7 Å². The number of fused-ring (bicyclic) bond motifs is 1. The minimum Gasteiger partial charge on any atom is -0.493 e. The van der Waals surface area contributed by atoms with Crippen LogP contribution < -0.4 is 14.2 Å². The number of carboxylic acid groups (broad SMARTS) is 1. The molecule has 1 aliphatic heterocycles. The molecule has 0 amide bonds. The second-order valence-electron chi connectivity index (χ2n) is 12.9. The van der Waals surface area contributed by atoms with Gasteiger partial charge in [-0.2, -0.15) is 0 Å². The van der Waals surface area contributed by atoms with Gasteiger partial charge in [-0.1, -0.05) is 19.1 Å². The summed E-state index contributed by atoms with van der Waals surface area (Å²) in [6.07, 6.45) is -1.35. The Morgan fingerprint density at radius 3 is 2.43 bits per heavy atom. The summed E-state index contributed by atoms with van der Waals surface area (Å²) in [6, 6.07) is 16.6. The zero-order valence-corrected chi connectivity index (χ0v) is 29.6. The van der Waals surface area contributed by atoms with Crippen molar-refractivity contribution in [1.82, 2.24) is 9.97 Å². The van der Waals surface area contributed by atoms with E-state index in [9.17, 15) is 23.1 Å². The van der Waals surface area contributed by atoms with E-state index in [0.717, 1.165) is 63.7 Å². The first-order valence-electron chi connectivity index (χ1n) is 16.5. The number of aliphatic hydroxyl groups is 1. The summed E-state index contributed by atoms with van der Waals surface area (Å²) in [4.78, 5) is 21.2. The molecule has 0 bridgehead atoms. The van der Waals surface area contributed by atoms with Gasteiger partial charge in [-0.05, 0) is 104 Å². The van der Waals surface area contributed by atoms with Crippen LogP contribution >= 0.6 is 0 Å². The number of pyridine rings is 2. The van der Waals surface area contributed by atoms with Crippen molar-refractivity contribution in [3.63, 3.8) is 0 Å². The molecule has 0 atom stereocenters. The van der Waals surface area contributed by atoms with E-state index in [1.54, 1.807) is 46.2 Å². The van der Waals surface area contributed by atoms with Gasteiger partial charge in [0.05, 0.1) is 29.7 Å². The molecule has 0 aliphatic carbocycles. The SMILES string of the molecule is CC(C)(C)O.CCCOC.Cc1cc2nc(OCc3cccc(OC(F)(F)F)c3)ccc2c(-c2ccc3c4c(ccnc24)CCO3)c1CC(=O)O. The minimum absolute atomic E-state index is 0.0324. The first kappa shape index (κ1) is 38.9. The van der Waals surface area contributed by atoms with Crippen LogP contribution in [0.2, 0.25) is 0 Å². The van der Waals surface area contributed by atoms with Gasteiger partial charge in [0.1, 0.15) is 18.1 Å². The van der Waals surface area contributed by atoms with Crippen molar-refractivity contribution >= 4 is 27.8 Å². The van der Waals surface area contributed by atoms with Gasteiger partial charge >= 0.3 is 12.3 Å². The largest absolute Gasteiger partial charge is 0.573 e. The summed E-state index contributed by atoms with van der Waals surface area (Å²) in [5.41, 5.74) is 5.29. The van der Waals surface area contributed by atoms with Crippen LogP contribution in [0.5, 0.6) is 17.4 Å². The van der Waals surface area contributed by atoms with Crippen molar-refractivity contribution in [2.45, 2.75) is 72.5 Å². The highest BCUT2D eigenvalue weighted by Gasteiger charge is 2.31. The van der Waals surface area contributed by atoms with Gasteiger partial charge in [0, 0.05) is 48.7 Å². The molecule has 0 radical (unpaired) electrons. The van der Waals surface area contributed by atoms with Crippen LogP contribution in [0.1, 0.15) is 56.4 Å². The molecule has 0 saturated carbocycles. The Morgan fingerprint density at radius 1 is 1.04 bits per heavy atom. The van der Waals surface area contributed by atoms with Gasteiger partial charge in [0.15, 0.2) is 0 Å². The number of halogens is 3. The second kappa shape index (κ2) is 16.8. The van der Waals surface area contributed by atoms with E-state index in [1.807, 2.05) is 37.3 Å². The van der Waals surface area contributed by atoms with E-state index in [1.165, 1.54) is 18.2 Å². The third-order valence-electron chi connectivity index (χ3n) is 7.39. The normalized spacial score (nSPS) is 12.3. The molecule has 12 heteroatoms. The Labute approximate surface area is 295 Å². The number of carboxylic acids is 1. The lowest BCUT2D eigenvalue weighted by Crippen LogP contribution is -2.17. The summed E-state index contributed by atoms with van der Waals surface area (Å²) in [7, 11) is 1.71. The van der Waals surface area contributed by atoms with E-state index in [0.29, 0.717) is 23.3 Å². The Morgan fingerprint density at radius 2 is 1.78 bits per heavy atom. The van der Waals surface area contributed by atoms with Crippen LogP contribution in [-0.2, 0) is 29.0 Å². The molecular weight excluding hydrogens is 665 g/mol. The topological polar surface area (TPSA) is 120 Å². The summed E-state index contributed by atoms with van der Waals surface area (Å²) in [6.45, 7) is 10.6. The number of nitrogens with zero attached hydrogens (tertiary/aromatic N) is 2.